The first-order valence-corrected chi connectivity index (χ1v) is 6.55. The molecular weight excluding hydrogens is 260 g/mol. The maximum absolute atomic E-state index is 12.2. The van der Waals surface area contributed by atoms with Crippen molar-refractivity contribution in [2.75, 3.05) is 13.7 Å². The number of hydrogen-bond donors (Lipinski definition) is 1. The third-order valence-corrected chi connectivity index (χ3v) is 2.91. The molecule has 1 aromatic carbocycles. The molecule has 0 aliphatic carbocycles. The molecule has 0 aliphatic rings. The molecule has 0 fully saturated rings. The van der Waals surface area contributed by atoms with Crippen LogP contribution in [-0.4, -0.2) is 35.5 Å². The number of nitrogens with two attached hydrogens (primary N) is 1. The fourth-order valence-corrected chi connectivity index (χ4v) is 1.89. The van der Waals surface area contributed by atoms with Gasteiger partial charge < -0.3 is 15.4 Å². The molecule has 1 aromatic rings. The minimum Gasteiger partial charge on any atom is -0.497 e. The van der Waals surface area contributed by atoms with Crippen molar-refractivity contribution in [2.24, 2.45) is 5.73 Å². The second-order valence-corrected chi connectivity index (χ2v) is 5.13. The van der Waals surface area contributed by atoms with Crippen molar-refractivity contribution in [3.8, 4) is 5.75 Å². The highest BCUT2D eigenvalue weighted by atomic mass is 32.1. The summed E-state index contributed by atoms with van der Waals surface area (Å²) in [6.07, 6.45) is 0.338. The van der Waals surface area contributed by atoms with E-state index in [2.05, 4.69) is 0 Å². The predicted molar refractivity (Wildman–Crippen MR) is 80.3 cm³/mol. The Morgan fingerprint density at radius 3 is 2.37 bits per heavy atom. The largest absolute Gasteiger partial charge is 0.497 e. The monoisotopic (exact) mass is 280 g/mol. The number of methoxy groups -OCH3 is 1. The summed E-state index contributed by atoms with van der Waals surface area (Å²) in [5, 5.41) is 0. The first-order chi connectivity index (χ1) is 8.93. The highest BCUT2D eigenvalue weighted by Gasteiger charge is 2.17. The molecule has 19 heavy (non-hydrogen) atoms. The van der Waals surface area contributed by atoms with Crippen molar-refractivity contribution in [3.63, 3.8) is 0 Å². The molecule has 4 nitrogen and oxygen atoms in total. The van der Waals surface area contributed by atoms with Crippen molar-refractivity contribution in [3.05, 3.63) is 29.8 Å². The zero-order valence-electron chi connectivity index (χ0n) is 11.6. The zero-order chi connectivity index (χ0) is 14.4. The summed E-state index contributed by atoms with van der Waals surface area (Å²) in [5.74, 6) is 0.799. The van der Waals surface area contributed by atoms with Gasteiger partial charge in [-0.1, -0.05) is 24.4 Å². The number of ether oxygens (including phenoxy) is 1. The molecule has 0 aromatic heterocycles. The van der Waals surface area contributed by atoms with Crippen molar-refractivity contribution in [1.82, 2.24) is 4.90 Å². The maximum Gasteiger partial charge on any atom is 0.227 e. The summed E-state index contributed by atoms with van der Waals surface area (Å²) in [7, 11) is 1.61. The highest BCUT2D eigenvalue weighted by molar-refractivity contribution is 7.80. The Morgan fingerprint density at radius 2 is 1.95 bits per heavy atom. The maximum atomic E-state index is 12.2. The average molecular weight is 280 g/mol. The van der Waals surface area contributed by atoms with E-state index in [1.807, 2.05) is 38.1 Å². The molecule has 104 valence electrons. The van der Waals surface area contributed by atoms with Gasteiger partial charge in [-0.15, -0.1) is 0 Å². The molecule has 2 N–H and O–H groups in total. The third kappa shape index (κ3) is 4.87. The Labute approximate surface area is 119 Å². The molecule has 5 heteroatoms. The molecule has 0 atom stereocenters. The van der Waals surface area contributed by atoms with Gasteiger partial charge in [0.1, 0.15) is 5.75 Å². The summed E-state index contributed by atoms with van der Waals surface area (Å²) < 4.78 is 5.08. The lowest BCUT2D eigenvalue weighted by molar-refractivity contribution is -0.131. The molecule has 0 saturated carbocycles. The fraction of sp³-hybridized carbons (Fsp3) is 0.429. The van der Waals surface area contributed by atoms with Crippen molar-refractivity contribution >= 4 is 23.1 Å². The van der Waals surface area contributed by atoms with Crippen LogP contribution in [0.25, 0.3) is 0 Å². The normalized spacial score (nSPS) is 10.3. The molecular formula is C14H20N2O2S. The van der Waals surface area contributed by atoms with Crippen LogP contribution in [0.3, 0.4) is 0 Å². The van der Waals surface area contributed by atoms with Gasteiger partial charge >= 0.3 is 0 Å². The standard InChI is InChI=1S/C14H20N2O2S/c1-10(2)16(9-13(15)19)14(17)8-11-4-6-12(18-3)7-5-11/h4-7,10H,8-9H2,1-3H3,(H2,15,19). The Balaban J connectivity index is 2.72. The van der Waals surface area contributed by atoms with E-state index in [1.54, 1.807) is 12.0 Å². The lowest BCUT2D eigenvalue weighted by Gasteiger charge is -2.26. The van der Waals surface area contributed by atoms with Crippen LogP contribution in [0.2, 0.25) is 0 Å². The van der Waals surface area contributed by atoms with Crippen LogP contribution in [0.5, 0.6) is 5.75 Å². The second kappa shape index (κ2) is 7.09. The van der Waals surface area contributed by atoms with E-state index in [1.165, 1.54) is 0 Å². The van der Waals surface area contributed by atoms with Crippen molar-refractivity contribution < 1.29 is 9.53 Å². The van der Waals surface area contributed by atoms with Gasteiger partial charge in [0.05, 0.1) is 25.1 Å². The van der Waals surface area contributed by atoms with Crippen LogP contribution in [-0.2, 0) is 11.2 Å². The van der Waals surface area contributed by atoms with Crippen LogP contribution in [0.1, 0.15) is 19.4 Å². The number of hydrogen-bond acceptors (Lipinski definition) is 3. The summed E-state index contributed by atoms with van der Waals surface area (Å²) in [4.78, 5) is 14.2. The van der Waals surface area contributed by atoms with E-state index in [0.717, 1.165) is 11.3 Å². The lowest BCUT2D eigenvalue weighted by atomic mass is 10.1. The van der Waals surface area contributed by atoms with Gasteiger partial charge in [-0.25, -0.2) is 0 Å². The average Bonchev–Trinajstić information content (AvgIpc) is 2.36. The number of nitrogens with zero attached hydrogens (tertiary/aromatic N) is 1. The van der Waals surface area contributed by atoms with Crippen LogP contribution >= 0.6 is 12.2 Å². The predicted octanol–water partition coefficient (Wildman–Crippen LogP) is 1.76. The van der Waals surface area contributed by atoms with Crippen LogP contribution in [0.15, 0.2) is 24.3 Å². The number of thiocarbonyl (C=S) groups is 1. The first kappa shape index (κ1) is 15.4. The second-order valence-electron chi connectivity index (χ2n) is 4.61. The molecule has 0 saturated heterocycles. The van der Waals surface area contributed by atoms with Gasteiger partial charge in [-0.05, 0) is 31.5 Å². The smallest absolute Gasteiger partial charge is 0.227 e. The number of amides is 1. The first-order valence-electron chi connectivity index (χ1n) is 6.14. The molecule has 0 heterocycles. The molecule has 1 rings (SSSR count). The van der Waals surface area contributed by atoms with Gasteiger partial charge in [0, 0.05) is 6.04 Å². The van der Waals surface area contributed by atoms with Crippen molar-refractivity contribution in [1.29, 1.82) is 0 Å². The Hall–Kier alpha value is -1.62. The van der Waals surface area contributed by atoms with Gasteiger partial charge in [-0.2, -0.15) is 0 Å². The van der Waals surface area contributed by atoms with Gasteiger partial charge in [0.25, 0.3) is 0 Å². The van der Waals surface area contributed by atoms with Crippen LogP contribution in [0.4, 0.5) is 0 Å². The molecule has 0 unspecified atom stereocenters. The van der Waals surface area contributed by atoms with E-state index in [9.17, 15) is 4.79 Å². The quantitative estimate of drug-likeness (QED) is 0.807. The fourth-order valence-electron chi connectivity index (χ4n) is 1.75. The van der Waals surface area contributed by atoms with Crippen LogP contribution in [0, 0.1) is 0 Å². The molecule has 0 aliphatic heterocycles. The molecule has 1 amide bonds. The summed E-state index contributed by atoms with van der Waals surface area (Å²) in [5.41, 5.74) is 6.47. The minimum atomic E-state index is 0.0213. The summed E-state index contributed by atoms with van der Waals surface area (Å²) in [6, 6.07) is 7.53. The number of carbonyl (C=O) groups is 1. The van der Waals surface area contributed by atoms with E-state index in [-0.39, 0.29) is 11.9 Å². The van der Waals surface area contributed by atoms with E-state index in [0.29, 0.717) is 18.0 Å². The van der Waals surface area contributed by atoms with Crippen molar-refractivity contribution in [2.45, 2.75) is 26.3 Å². The van der Waals surface area contributed by atoms with E-state index in [4.69, 9.17) is 22.7 Å². The van der Waals surface area contributed by atoms with Gasteiger partial charge in [0.15, 0.2) is 0 Å². The Kier molecular flexibility index (Phi) is 5.76. The third-order valence-electron chi connectivity index (χ3n) is 2.78. The van der Waals surface area contributed by atoms with Crippen LogP contribution < -0.4 is 10.5 Å². The van der Waals surface area contributed by atoms with Gasteiger partial charge in [-0.3, -0.25) is 4.79 Å². The number of rotatable bonds is 6. The number of benzene rings is 1. The summed E-state index contributed by atoms with van der Waals surface area (Å²) in [6.45, 7) is 4.22. The van der Waals surface area contributed by atoms with E-state index >= 15 is 0 Å². The molecule has 0 radical (unpaired) electrons. The van der Waals surface area contributed by atoms with Gasteiger partial charge in [0.2, 0.25) is 5.91 Å². The van der Waals surface area contributed by atoms with E-state index < -0.39 is 0 Å². The minimum absolute atomic E-state index is 0.0213. The Morgan fingerprint density at radius 1 is 1.37 bits per heavy atom. The lowest BCUT2D eigenvalue weighted by Crippen LogP contribution is -2.42. The SMILES string of the molecule is COc1ccc(CC(=O)N(CC(N)=S)C(C)C)cc1. The topological polar surface area (TPSA) is 55.6 Å². The molecule has 0 spiro atoms. The molecule has 0 bridgehead atoms. The number of carbonyl (C=O) groups excluding carboxylic acids is 1. The zero-order valence-corrected chi connectivity index (χ0v) is 12.4. The summed E-state index contributed by atoms with van der Waals surface area (Å²) >= 11 is 4.88. The highest BCUT2D eigenvalue weighted by Crippen LogP contribution is 2.13. The Bertz CT molecular complexity index is 443.